The summed E-state index contributed by atoms with van der Waals surface area (Å²) in [5, 5.41) is 3.16. The van der Waals surface area contributed by atoms with Crippen molar-refractivity contribution in [2.75, 3.05) is 26.3 Å². The summed E-state index contributed by atoms with van der Waals surface area (Å²) in [4.78, 5) is 0. The SMILES string of the molecule is C1CCCCC1.C1COCCN1.CC#CC. The van der Waals surface area contributed by atoms with E-state index in [0.29, 0.717) is 0 Å². The van der Waals surface area contributed by atoms with Crippen LogP contribution in [0, 0.1) is 11.8 Å². The lowest BCUT2D eigenvalue weighted by molar-refractivity contribution is 0.109. The molecule has 1 N–H and O–H groups in total. The van der Waals surface area contributed by atoms with E-state index in [1.807, 2.05) is 13.8 Å². The molecule has 2 nitrogen and oxygen atoms in total. The van der Waals surface area contributed by atoms with Crippen LogP contribution in [-0.4, -0.2) is 26.3 Å². The molecule has 0 radical (unpaired) electrons. The quantitative estimate of drug-likeness (QED) is 0.640. The number of ether oxygens (including phenoxy) is 1. The predicted octanol–water partition coefficient (Wildman–Crippen LogP) is 2.98. The highest BCUT2D eigenvalue weighted by Crippen LogP contribution is 2.15. The second kappa shape index (κ2) is 14.5. The molecule has 2 fully saturated rings. The molecule has 94 valence electrons. The first-order chi connectivity index (χ1) is 7.91. The smallest absolute Gasteiger partial charge is 0.0591 e. The molecule has 0 spiro atoms. The van der Waals surface area contributed by atoms with Crippen LogP contribution >= 0.6 is 0 Å². The Morgan fingerprint density at radius 3 is 1.25 bits per heavy atom. The molecule has 0 aromatic carbocycles. The van der Waals surface area contributed by atoms with E-state index in [0.717, 1.165) is 26.3 Å². The van der Waals surface area contributed by atoms with E-state index in [2.05, 4.69) is 17.2 Å². The molecule has 2 heteroatoms. The van der Waals surface area contributed by atoms with Gasteiger partial charge in [-0.1, -0.05) is 38.5 Å². The molecule has 0 aromatic heterocycles. The van der Waals surface area contributed by atoms with Crippen LogP contribution in [0.5, 0.6) is 0 Å². The lowest BCUT2D eigenvalue weighted by Crippen LogP contribution is -2.30. The van der Waals surface area contributed by atoms with Crippen molar-refractivity contribution in [3.8, 4) is 11.8 Å². The number of morpholine rings is 1. The zero-order valence-electron chi connectivity index (χ0n) is 11.0. The molecule has 2 aliphatic rings. The molecular formula is C14H27NO. The Kier molecular flexibility index (Phi) is 14.0. The van der Waals surface area contributed by atoms with Gasteiger partial charge in [0.25, 0.3) is 0 Å². The van der Waals surface area contributed by atoms with E-state index >= 15 is 0 Å². The van der Waals surface area contributed by atoms with Gasteiger partial charge in [-0.05, 0) is 13.8 Å². The molecule has 0 amide bonds. The monoisotopic (exact) mass is 225 g/mol. The first-order valence-corrected chi connectivity index (χ1v) is 6.53. The molecule has 0 aromatic rings. The number of nitrogens with one attached hydrogen (secondary N) is 1. The Balaban J connectivity index is 0.000000217. The fourth-order valence-electron chi connectivity index (χ4n) is 1.58. The normalized spacial score (nSPS) is 18.9. The van der Waals surface area contributed by atoms with Gasteiger partial charge in [-0.3, -0.25) is 0 Å². The summed E-state index contributed by atoms with van der Waals surface area (Å²) in [6, 6.07) is 0. The van der Waals surface area contributed by atoms with Crippen LogP contribution in [0.15, 0.2) is 0 Å². The van der Waals surface area contributed by atoms with Crippen LogP contribution in [0.25, 0.3) is 0 Å². The maximum atomic E-state index is 5.01. The van der Waals surface area contributed by atoms with Crippen molar-refractivity contribution in [2.45, 2.75) is 52.4 Å². The summed E-state index contributed by atoms with van der Waals surface area (Å²) >= 11 is 0. The van der Waals surface area contributed by atoms with Crippen molar-refractivity contribution in [2.24, 2.45) is 0 Å². The fraction of sp³-hybridized carbons (Fsp3) is 0.857. The highest BCUT2D eigenvalue weighted by molar-refractivity contribution is 4.89. The predicted molar refractivity (Wildman–Crippen MR) is 70.5 cm³/mol. The lowest BCUT2D eigenvalue weighted by atomic mass is 10.0. The van der Waals surface area contributed by atoms with Gasteiger partial charge in [-0.25, -0.2) is 0 Å². The van der Waals surface area contributed by atoms with Gasteiger partial charge in [0.2, 0.25) is 0 Å². The van der Waals surface area contributed by atoms with Gasteiger partial charge in [0, 0.05) is 13.1 Å². The minimum atomic E-state index is 0.889. The van der Waals surface area contributed by atoms with Gasteiger partial charge >= 0.3 is 0 Å². The van der Waals surface area contributed by atoms with Gasteiger partial charge in [0.1, 0.15) is 0 Å². The zero-order chi connectivity index (χ0) is 11.9. The fourth-order valence-corrected chi connectivity index (χ4v) is 1.58. The molecule has 2 rings (SSSR count). The van der Waals surface area contributed by atoms with Crippen LogP contribution in [0.2, 0.25) is 0 Å². The highest BCUT2D eigenvalue weighted by atomic mass is 16.5. The first kappa shape index (κ1) is 15.5. The standard InChI is InChI=1S/C6H12.C4H9NO.C4H6/c1-2-4-6-5-3-1;1-3-6-4-2-5-1;1-3-4-2/h1-6H2;5H,1-4H2;1-2H3. The van der Waals surface area contributed by atoms with Crippen LogP contribution in [0.4, 0.5) is 0 Å². The van der Waals surface area contributed by atoms with Gasteiger partial charge < -0.3 is 10.1 Å². The Morgan fingerprint density at radius 1 is 0.750 bits per heavy atom. The lowest BCUT2D eigenvalue weighted by Gasteiger charge is -2.10. The Bertz CT molecular complexity index is 132. The first-order valence-electron chi connectivity index (χ1n) is 6.53. The molecule has 1 heterocycles. The maximum Gasteiger partial charge on any atom is 0.0591 e. The van der Waals surface area contributed by atoms with Crippen LogP contribution < -0.4 is 5.32 Å². The van der Waals surface area contributed by atoms with Crippen molar-refractivity contribution in [3.05, 3.63) is 0 Å². The molecule has 0 bridgehead atoms. The summed E-state index contributed by atoms with van der Waals surface area (Å²) in [5.41, 5.74) is 0. The third-order valence-corrected chi connectivity index (χ3v) is 2.60. The molecule has 0 atom stereocenters. The number of hydrogen-bond acceptors (Lipinski definition) is 2. The van der Waals surface area contributed by atoms with Crippen molar-refractivity contribution in [3.63, 3.8) is 0 Å². The van der Waals surface area contributed by atoms with E-state index in [4.69, 9.17) is 4.74 Å². The second-order valence-electron chi connectivity index (χ2n) is 3.98. The van der Waals surface area contributed by atoms with Crippen molar-refractivity contribution >= 4 is 0 Å². The average Bonchev–Trinajstić information content (AvgIpc) is 2.44. The van der Waals surface area contributed by atoms with E-state index < -0.39 is 0 Å². The Morgan fingerprint density at radius 2 is 1.12 bits per heavy atom. The third kappa shape index (κ3) is 13.5. The molecule has 1 saturated carbocycles. The molecule has 16 heavy (non-hydrogen) atoms. The van der Waals surface area contributed by atoms with Gasteiger partial charge in [0.15, 0.2) is 0 Å². The van der Waals surface area contributed by atoms with E-state index in [1.54, 1.807) is 0 Å². The molecule has 0 unspecified atom stereocenters. The maximum absolute atomic E-state index is 5.01. The van der Waals surface area contributed by atoms with Crippen LogP contribution in [-0.2, 0) is 4.74 Å². The summed E-state index contributed by atoms with van der Waals surface area (Å²) in [5.74, 6) is 5.36. The summed E-state index contributed by atoms with van der Waals surface area (Å²) in [6.45, 7) is 7.47. The van der Waals surface area contributed by atoms with Gasteiger partial charge in [-0.2, -0.15) is 0 Å². The molecular weight excluding hydrogens is 198 g/mol. The summed E-state index contributed by atoms with van der Waals surface area (Å²) < 4.78 is 5.01. The zero-order valence-corrected chi connectivity index (χ0v) is 11.0. The molecule has 1 aliphatic heterocycles. The molecule has 1 saturated heterocycles. The van der Waals surface area contributed by atoms with Gasteiger partial charge in [0.05, 0.1) is 13.2 Å². The van der Waals surface area contributed by atoms with E-state index in [-0.39, 0.29) is 0 Å². The Hall–Kier alpha value is -0.520. The Labute approximate surface area is 101 Å². The third-order valence-electron chi connectivity index (χ3n) is 2.60. The van der Waals surface area contributed by atoms with Crippen LogP contribution in [0.3, 0.4) is 0 Å². The largest absolute Gasteiger partial charge is 0.379 e. The van der Waals surface area contributed by atoms with E-state index in [1.165, 1.54) is 38.5 Å². The summed E-state index contributed by atoms with van der Waals surface area (Å²) in [6.07, 6.45) is 9.00. The minimum Gasteiger partial charge on any atom is -0.379 e. The minimum absolute atomic E-state index is 0.889. The van der Waals surface area contributed by atoms with Crippen LogP contribution in [0.1, 0.15) is 52.4 Å². The van der Waals surface area contributed by atoms with Crippen molar-refractivity contribution < 1.29 is 4.74 Å². The number of rotatable bonds is 0. The molecule has 1 aliphatic carbocycles. The summed E-state index contributed by atoms with van der Waals surface area (Å²) in [7, 11) is 0. The van der Waals surface area contributed by atoms with Gasteiger partial charge in [-0.15, -0.1) is 11.8 Å². The van der Waals surface area contributed by atoms with E-state index in [9.17, 15) is 0 Å². The second-order valence-corrected chi connectivity index (χ2v) is 3.98. The number of hydrogen-bond donors (Lipinski definition) is 1. The topological polar surface area (TPSA) is 21.3 Å². The average molecular weight is 225 g/mol. The highest BCUT2D eigenvalue weighted by Gasteiger charge is 1.95. The van der Waals surface area contributed by atoms with Crippen molar-refractivity contribution in [1.29, 1.82) is 0 Å². The van der Waals surface area contributed by atoms with Crippen molar-refractivity contribution in [1.82, 2.24) is 5.32 Å².